The Bertz CT molecular complexity index is 568. The molecule has 2 rings (SSSR count). The van der Waals surface area contributed by atoms with E-state index in [1.54, 1.807) is 6.92 Å². The summed E-state index contributed by atoms with van der Waals surface area (Å²) in [4.78, 5) is 36.6. The van der Waals surface area contributed by atoms with Gasteiger partial charge in [-0.2, -0.15) is 0 Å². The van der Waals surface area contributed by atoms with E-state index in [2.05, 4.69) is 5.32 Å². The van der Waals surface area contributed by atoms with Crippen LogP contribution >= 0.6 is 0 Å². The molecule has 8 heteroatoms. The van der Waals surface area contributed by atoms with Crippen LogP contribution < -0.4 is 16.6 Å². The summed E-state index contributed by atoms with van der Waals surface area (Å²) in [5, 5.41) is 2.63. The zero-order chi connectivity index (χ0) is 14.9. The molecule has 1 saturated heterocycles. The van der Waals surface area contributed by atoms with Crippen molar-refractivity contribution in [3.05, 3.63) is 23.7 Å². The first-order valence-electron chi connectivity index (χ1n) is 6.14. The zero-order valence-corrected chi connectivity index (χ0v) is 11.2. The Kier molecular flexibility index (Phi) is 3.49. The monoisotopic (exact) mass is 280 g/mol. The summed E-state index contributed by atoms with van der Waals surface area (Å²) in [6.07, 6.45) is 1.78. The van der Waals surface area contributed by atoms with Crippen LogP contribution in [0.2, 0.25) is 0 Å². The molecule has 0 aromatic carbocycles. The van der Waals surface area contributed by atoms with Gasteiger partial charge in [-0.15, -0.1) is 0 Å². The minimum absolute atomic E-state index is 0.115. The van der Waals surface area contributed by atoms with Crippen molar-refractivity contribution >= 4 is 17.8 Å². The van der Waals surface area contributed by atoms with Crippen LogP contribution in [-0.4, -0.2) is 28.3 Å². The lowest BCUT2D eigenvalue weighted by Crippen LogP contribution is -2.43. The molecule has 1 fully saturated rings. The van der Waals surface area contributed by atoms with Crippen molar-refractivity contribution in [2.24, 2.45) is 5.84 Å². The summed E-state index contributed by atoms with van der Waals surface area (Å²) in [6, 6.07) is 0.921. The number of nitrogens with two attached hydrogens (primary N) is 1. The topological polar surface area (TPSA) is 118 Å². The van der Waals surface area contributed by atoms with Crippen LogP contribution in [0.5, 0.6) is 0 Å². The summed E-state index contributed by atoms with van der Waals surface area (Å²) < 4.78 is 5.16. The van der Waals surface area contributed by atoms with Crippen molar-refractivity contribution in [3.63, 3.8) is 0 Å². The number of nitrogen functional groups attached to an aromatic ring is 1. The number of hydrogen-bond acceptors (Lipinski definition) is 5. The molecule has 2 heterocycles. The van der Waals surface area contributed by atoms with E-state index in [1.165, 1.54) is 12.3 Å². The molecule has 20 heavy (non-hydrogen) atoms. The standard InChI is InChI=1S/C12H16N4O4/c1-3-12(2)10(18)16(11(19)14-12)6-8-7(4-5-20-8)9(17)15-13/h4-5H,3,6,13H2,1-2H3,(H,14,19)(H,15,17). The predicted molar refractivity (Wildman–Crippen MR) is 68.1 cm³/mol. The summed E-state index contributed by atoms with van der Waals surface area (Å²) in [5.41, 5.74) is 1.26. The van der Waals surface area contributed by atoms with E-state index in [4.69, 9.17) is 10.3 Å². The zero-order valence-electron chi connectivity index (χ0n) is 11.2. The number of hydrogen-bond donors (Lipinski definition) is 3. The second-order valence-corrected chi connectivity index (χ2v) is 4.74. The molecular formula is C12H16N4O4. The molecule has 0 saturated carbocycles. The van der Waals surface area contributed by atoms with Gasteiger partial charge < -0.3 is 9.73 Å². The van der Waals surface area contributed by atoms with Crippen LogP contribution in [0.4, 0.5) is 4.79 Å². The van der Waals surface area contributed by atoms with Gasteiger partial charge in [0, 0.05) is 0 Å². The number of nitrogens with zero attached hydrogens (tertiary/aromatic N) is 1. The number of imide groups is 1. The van der Waals surface area contributed by atoms with Gasteiger partial charge in [-0.25, -0.2) is 10.6 Å². The SMILES string of the molecule is CCC1(C)NC(=O)N(Cc2occc2C(=O)NN)C1=O. The second-order valence-electron chi connectivity index (χ2n) is 4.74. The summed E-state index contributed by atoms with van der Waals surface area (Å²) in [6.45, 7) is 3.35. The van der Waals surface area contributed by atoms with Gasteiger partial charge in [-0.3, -0.25) is 19.9 Å². The maximum absolute atomic E-state index is 12.2. The number of amides is 4. The van der Waals surface area contributed by atoms with Gasteiger partial charge in [-0.05, 0) is 19.4 Å². The largest absolute Gasteiger partial charge is 0.467 e. The third kappa shape index (κ3) is 2.14. The van der Waals surface area contributed by atoms with E-state index in [9.17, 15) is 14.4 Å². The first-order valence-corrected chi connectivity index (χ1v) is 6.14. The van der Waals surface area contributed by atoms with Crippen LogP contribution in [-0.2, 0) is 11.3 Å². The minimum atomic E-state index is -0.917. The number of nitrogens with one attached hydrogen (secondary N) is 2. The lowest BCUT2D eigenvalue weighted by molar-refractivity contribution is -0.131. The van der Waals surface area contributed by atoms with Crippen LogP contribution in [0.25, 0.3) is 0 Å². The van der Waals surface area contributed by atoms with Crippen molar-refractivity contribution < 1.29 is 18.8 Å². The van der Waals surface area contributed by atoms with Gasteiger partial charge in [0.2, 0.25) is 0 Å². The molecule has 4 amide bonds. The Balaban J connectivity index is 2.23. The van der Waals surface area contributed by atoms with Gasteiger partial charge in [-0.1, -0.05) is 6.92 Å². The highest BCUT2D eigenvalue weighted by Gasteiger charge is 2.46. The quantitative estimate of drug-likeness (QED) is 0.313. The molecule has 1 aromatic rings. The Morgan fingerprint density at radius 1 is 1.55 bits per heavy atom. The fourth-order valence-corrected chi connectivity index (χ4v) is 2.02. The van der Waals surface area contributed by atoms with Crippen LogP contribution in [0, 0.1) is 0 Å². The highest BCUT2D eigenvalue weighted by Crippen LogP contribution is 2.23. The van der Waals surface area contributed by atoms with Crippen LogP contribution in [0.3, 0.4) is 0 Å². The summed E-state index contributed by atoms with van der Waals surface area (Å²) in [5.74, 6) is 4.37. The van der Waals surface area contributed by atoms with Crippen LogP contribution in [0.1, 0.15) is 36.4 Å². The van der Waals surface area contributed by atoms with E-state index < -0.39 is 17.5 Å². The summed E-state index contributed by atoms with van der Waals surface area (Å²) >= 11 is 0. The van der Waals surface area contributed by atoms with Gasteiger partial charge in [0.15, 0.2) is 0 Å². The third-order valence-electron chi connectivity index (χ3n) is 3.48. The second kappa shape index (κ2) is 4.97. The molecule has 4 N–H and O–H groups in total. The van der Waals surface area contributed by atoms with Gasteiger partial charge in [0.25, 0.3) is 11.8 Å². The highest BCUT2D eigenvalue weighted by molar-refractivity contribution is 6.06. The highest BCUT2D eigenvalue weighted by atomic mass is 16.3. The van der Waals surface area contributed by atoms with Crippen molar-refractivity contribution in [2.45, 2.75) is 32.4 Å². The number of furan rings is 1. The van der Waals surface area contributed by atoms with Gasteiger partial charge in [0.05, 0.1) is 18.4 Å². The number of carbonyl (C=O) groups excluding carboxylic acids is 3. The number of hydrazine groups is 1. The number of urea groups is 1. The Hall–Kier alpha value is -2.35. The first kappa shape index (κ1) is 14.1. The molecule has 1 aliphatic heterocycles. The fourth-order valence-electron chi connectivity index (χ4n) is 2.02. The molecule has 0 spiro atoms. The molecule has 1 aliphatic rings. The molecule has 0 radical (unpaired) electrons. The molecule has 108 valence electrons. The maximum Gasteiger partial charge on any atom is 0.325 e. The fraction of sp³-hybridized carbons (Fsp3) is 0.417. The number of carbonyl (C=O) groups is 3. The van der Waals surface area contributed by atoms with E-state index in [1.807, 2.05) is 12.3 Å². The molecule has 1 unspecified atom stereocenters. The normalized spacial score (nSPS) is 22.1. The average Bonchev–Trinajstić information content (AvgIpc) is 2.97. The van der Waals surface area contributed by atoms with E-state index in [0.717, 1.165) is 4.90 Å². The Labute approximate surface area is 115 Å². The third-order valence-corrected chi connectivity index (χ3v) is 3.48. The predicted octanol–water partition coefficient (Wildman–Crippen LogP) is 0.104. The van der Waals surface area contributed by atoms with Crippen molar-refractivity contribution in [1.29, 1.82) is 0 Å². The van der Waals surface area contributed by atoms with Gasteiger partial charge in [0.1, 0.15) is 11.3 Å². The van der Waals surface area contributed by atoms with Crippen molar-refractivity contribution in [2.75, 3.05) is 0 Å². The lowest BCUT2D eigenvalue weighted by Gasteiger charge is -2.18. The van der Waals surface area contributed by atoms with Gasteiger partial charge >= 0.3 is 6.03 Å². The smallest absolute Gasteiger partial charge is 0.325 e. The molecule has 0 aliphatic carbocycles. The summed E-state index contributed by atoms with van der Waals surface area (Å²) in [7, 11) is 0. The molecule has 8 nitrogen and oxygen atoms in total. The first-order chi connectivity index (χ1) is 9.42. The lowest BCUT2D eigenvalue weighted by atomic mass is 9.99. The average molecular weight is 280 g/mol. The Morgan fingerprint density at radius 2 is 2.25 bits per heavy atom. The van der Waals surface area contributed by atoms with Crippen LogP contribution in [0.15, 0.2) is 16.7 Å². The maximum atomic E-state index is 12.2. The van der Waals surface area contributed by atoms with E-state index in [0.29, 0.717) is 6.42 Å². The molecule has 1 aromatic heterocycles. The Morgan fingerprint density at radius 3 is 2.80 bits per heavy atom. The van der Waals surface area contributed by atoms with E-state index in [-0.39, 0.29) is 23.8 Å². The van der Waals surface area contributed by atoms with E-state index >= 15 is 0 Å². The molecule has 1 atom stereocenters. The molecule has 0 bridgehead atoms. The number of rotatable bonds is 4. The van der Waals surface area contributed by atoms with Crippen molar-refractivity contribution in [3.8, 4) is 0 Å². The minimum Gasteiger partial charge on any atom is -0.467 e. The van der Waals surface area contributed by atoms with Crippen molar-refractivity contribution in [1.82, 2.24) is 15.6 Å². The molecular weight excluding hydrogens is 264 g/mol.